The fourth-order valence-electron chi connectivity index (χ4n) is 6.13. The quantitative estimate of drug-likeness (QED) is 0.0793. The monoisotopic (exact) mass is 810 g/mol. The molecule has 0 unspecified atom stereocenters. The normalized spacial score (nSPS) is 12.0. The standard InChI is InChI=1S/C42H74N4O2.4ClH/c1-39(2,3)33-25-31(26-34(37(33)47)40(4,5)6)29-45-23-17-21-43-19-15-13-14-16-20-44-22-18-24-46-30-32-27-35(41(7,8)9)38(48)36(28-32)42(10,11)12;;;;/h25-28,43-48H,13-24,29-30H2,1-12H3;4*1H. The van der Waals surface area contributed by atoms with Crippen LogP contribution in [0.2, 0.25) is 0 Å². The molecule has 0 saturated heterocycles. The van der Waals surface area contributed by atoms with Gasteiger partial charge in [0.15, 0.2) is 0 Å². The average molecular weight is 813 g/mol. The fourth-order valence-corrected chi connectivity index (χ4v) is 6.13. The summed E-state index contributed by atoms with van der Waals surface area (Å²) < 4.78 is 0. The lowest BCUT2D eigenvalue weighted by atomic mass is 9.78. The lowest BCUT2D eigenvalue weighted by Crippen LogP contribution is -2.24. The van der Waals surface area contributed by atoms with Crippen LogP contribution in [0, 0.1) is 0 Å². The Bertz CT molecular complexity index is 1100. The maximum absolute atomic E-state index is 10.9. The van der Waals surface area contributed by atoms with Gasteiger partial charge >= 0.3 is 0 Å². The minimum absolute atomic E-state index is 0. The summed E-state index contributed by atoms with van der Waals surface area (Å²) in [5.74, 6) is 0.908. The van der Waals surface area contributed by atoms with Gasteiger partial charge in [0, 0.05) is 13.1 Å². The van der Waals surface area contributed by atoms with Crippen LogP contribution >= 0.6 is 49.6 Å². The Labute approximate surface area is 344 Å². The van der Waals surface area contributed by atoms with Gasteiger partial charge in [0.25, 0.3) is 0 Å². The highest BCUT2D eigenvalue weighted by molar-refractivity contribution is 5.86. The van der Waals surface area contributed by atoms with Crippen LogP contribution in [0.25, 0.3) is 0 Å². The molecule has 2 aromatic carbocycles. The van der Waals surface area contributed by atoms with E-state index >= 15 is 0 Å². The number of unbranched alkanes of at least 4 members (excludes halogenated alkanes) is 3. The first-order valence-electron chi connectivity index (χ1n) is 18.8. The molecule has 0 amide bonds. The van der Waals surface area contributed by atoms with Crippen LogP contribution in [0.3, 0.4) is 0 Å². The third kappa shape index (κ3) is 19.6. The largest absolute Gasteiger partial charge is 0.507 e. The van der Waals surface area contributed by atoms with Gasteiger partial charge in [0.05, 0.1) is 0 Å². The minimum atomic E-state index is -0.0935. The molecule has 0 radical (unpaired) electrons. The van der Waals surface area contributed by atoms with Crippen molar-refractivity contribution in [2.45, 2.75) is 156 Å². The Balaban J connectivity index is -0.00000600. The van der Waals surface area contributed by atoms with E-state index in [1.165, 1.54) is 36.8 Å². The predicted molar refractivity (Wildman–Crippen MR) is 237 cm³/mol. The molecule has 0 aliphatic carbocycles. The number of nitrogens with one attached hydrogen (secondary N) is 4. The minimum Gasteiger partial charge on any atom is -0.507 e. The summed E-state index contributed by atoms with van der Waals surface area (Å²) in [5, 5.41) is 36.3. The Morgan fingerprint density at radius 2 is 0.596 bits per heavy atom. The summed E-state index contributed by atoms with van der Waals surface area (Å²) in [4.78, 5) is 0. The molecule has 0 spiro atoms. The van der Waals surface area contributed by atoms with Gasteiger partial charge in [-0.3, -0.25) is 0 Å². The highest BCUT2D eigenvalue weighted by Gasteiger charge is 2.27. The molecular formula is C42H78Cl4N4O2. The second-order valence-electron chi connectivity index (χ2n) is 18.1. The number of halogens is 4. The number of hydrogen-bond acceptors (Lipinski definition) is 6. The van der Waals surface area contributed by atoms with Crippen molar-refractivity contribution in [1.82, 2.24) is 21.3 Å². The highest BCUT2D eigenvalue weighted by atomic mass is 35.5. The SMILES string of the molecule is CC(C)(C)c1cc(CNCCCNCCCCCCNCCCNCc2cc(C(C)(C)C)c(O)c(C(C)(C)C)c2)cc(C(C)(C)C)c1O.Cl.Cl.Cl.Cl. The number of phenols is 2. The van der Waals surface area contributed by atoms with E-state index in [0.717, 1.165) is 87.5 Å². The summed E-state index contributed by atoms with van der Waals surface area (Å²) in [6.07, 6.45) is 7.25. The Hall–Kier alpha value is -0.960. The topological polar surface area (TPSA) is 88.6 Å². The fraction of sp³-hybridized carbons (Fsp3) is 0.714. The van der Waals surface area contributed by atoms with Crippen LogP contribution in [-0.4, -0.2) is 49.5 Å². The summed E-state index contributed by atoms with van der Waals surface area (Å²) in [6.45, 7) is 33.9. The van der Waals surface area contributed by atoms with Crippen molar-refractivity contribution in [2.24, 2.45) is 0 Å². The second-order valence-corrected chi connectivity index (χ2v) is 18.1. The second kappa shape index (κ2) is 25.2. The molecule has 0 aliphatic heterocycles. The summed E-state index contributed by atoms with van der Waals surface area (Å²) in [5.41, 5.74) is 6.25. The van der Waals surface area contributed by atoms with Crippen molar-refractivity contribution in [3.8, 4) is 11.5 Å². The van der Waals surface area contributed by atoms with Gasteiger partial charge in [0.2, 0.25) is 0 Å². The third-order valence-corrected chi connectivity index (χ3v) is 9.10. The van der Waals surface area contributed by atoms with Gasteiger partial charge in [-0.1, -0.05) is 120 Å². The van der Waals surface area contributed by atoms with Crippen LogP contribution in [0.4, 0.5) is 0 Å². The maximum Gasteiger partial charge on any atom is 0.123 e. The average Bonchev–Trinajstić information content (AvgIpc) is 2.95. The number of aromatic hydroxyl groups is 2. The third-order valence-electron chi connectivity index (χ3n) is 9.10. The van der Waals surface area contributed by atoms with Gasteiger partial charge < -0.3 is 31.5 Å². The maximum atomic E-state index is 10.9. The lowest BCUT2D eigenvalue weighted by molar-refractivity contribution is 0.421. The summed E-state index contributed by atoms with van der Waals surface area (Å²) in [7, 11) is 0. The molecule has 306 valence electrons. The van der Waals surface area contributed by atoms with Crippen LogP contribution in [-0.2, 0) is 34.7 Å². The Morgan fingerprint density at radius 1 is 0.365 bits per heavy atom. The molecule has 0 saturated carbocycles. The molecule has 0 bridgehead atoms. The van der Waals surface area contributed by atoms with E-state index in [2.05, 4.69) is 129 Å². The predicted octanol–water partition coefficient (Wildman–Crippen LogP) is 10.4. The van der Waals surface area contributed by atoms with Crippen LogP contribution in [0.1, 0.15) is 155 Å². The Morgan fingerprint density at radius 3 is 0.846 bits per heavy atom. The van der Waals surface area contributed by atoms with Crippen molar-refractivity contribution in [2.75, 3.05) is 39.3 Å². The van der Waals surface area contributed by atoms with Gasteiger partial charge in [-0.2, -0.15) is 0 Å². The highest BCUT2D eigenvalue weighted by Crippen LogP contribution is 2.41. The number of rotatable bonds is 19. The zero-order chi connectivity index (χ0) is 36.2. The molecule has 10 heteroatoms. The van der Waals surface area contributed by atoms with Crippen molar-refractivity contribution >= 4 is 49.6 Å². The molecule has 0 aromatic heterocycles. The number of hydrogen-bond donors (Lipinski definition) is 6. The smallest absolute Gasteiger partial charge is 0.123 e. The van der Waals surface area contributed by atoms with E-state index in [-0.39, 0.29) is 71.3 Å². The molecule has 0 aliphatic rings. The van der Waals surface area contributed by atoms with E-state index < -0.39 is 0 Å². The van der Waals surface area contributed by atoms with Crippen molar-refractivity contribution in [3.63, 3.8) is 0 Å². The first kappa shape index (κ1) is 55.4. The molecular weight excluding hydrogens is 734 g/mol. The van der Waals surface area contributed by atoms with Crippen molar-refractivity contribution in [3.05, 3.63) is 57.6 Å². The van der Waals surface area contributed by atoms with Crippen LogP contribution < -0.4 is 21.3 Å². The van der Waals surface area contributed by atoms with E-state index in [9.17, 15) is 10.2 Å². The molecule has 0 heterocycles. The molecule has 0 atom stereocenters. The van der Waals surface area contributed by atoms with Crippen molar-refractivity contribution < 1.29 is 10.2 Å². The summed E-state index contributed by atoms with van der Waals surface area (Å²) >= 11 is 0. The molecule has 0 fully saturated rings. The van der Waals surface area contributed by atoms with Gasteiger partial charge in [-0.05, 0) is 120 Å². The van der Waals surface area contributed by atoms with E-state index in [0.29, 0.717) is 11.5 Å². The molecule has 6 nitrogen and oxygen atoms in total. The summed E-state index contributed by atoms with van der Waals surface area (Å²) in [6, 6.07) is 8.70. The van der Waals surface area contributed by atoms with Gasteiger partial charge in [0.1, 0.15) is 11.5 Å². The van der Waals surface area contributed by atoms with Gasteiger partial charge in [-0.15, -0.1) is 49.6 Å². The van der Waals surface area contributed by atoms with Crippen LogP contribution in [0.15, 0.2) is 24.3 Å². The Kier molecular flexibility index (Phi) is 26.9. The molecule has 2 aromatic rings. The first-order valence-corrected chi connectivity index (χ1v) is 18.8. The zero-order valence-electron chi connectivity index (χ0n) is 34.7. The number of benzene rings is 2. The van der Waals surface area contributed by atoms with Crippen LogP contribution in [0.5, 0.6) is 11.5 Å². The molecule has 2 rings (SSSR count). The van der Waals surface area contributed by atoms with Crippen molar-refractivity contribution in [1.29, 1.82) is 0 Å². The van der Waals surface area contributed by atoms with E-state index in [4.69, 9.17) is 0 Å². The van der Waals surface area contributed by atoms with Gasteiger partial charge in [-0.25, -0.2) is 0 Å². The zero-order valence-corrected chi connectivity index (χ0v) is 38.0. The first-order chi connectivity index (χ1) is 22.2. The molecule has 6 N–H and O–H groups in total. The number of phenolic OH excluding ortho intramolecular Hbond substituents is 2. The van der Waals surface area contributed by atoms with E-state index in [1.54, 1.807) is 0 Å². The van der Waals surface area contributed by atoms with E-state index in [1.807, 2.05) is 0 Å². The lowest BCUT2D eigenvalue weighted by Gasteiger charge is -2.28. The molecule has 52 heavy (non-hydrogen) atoms.